The van der Waals surface area contributed by atoms with Gasteiger partial charge in [-0.25, -0.2) is 9.67 Å². The molecule has 0 unspecified atom stereocenters. The van der Waals surface area contributed by atoms with Gasteiger partial charge in [-0.15, -0.1) is 0 Å². The molecule has 0 amide bonds. The molecule has 272 valence electrons. The Labute approximate surface area is 315 Å². The molecular formula is C48H54N4O. The molecule has 0 bridgehead atoms. The fourth-order valence-electron chi connectivity index (χ4n) is 7.88. The fraction of sp³-hybridized carbons (Fsp3) is 0.333. The normalized spacial score (nSPS) is 12.6. The van der Waals surface area contributed by atoms with Crippen LogP contribution in [0.2, 0.25) is 0 Å². The minimum absolute atomic E-state index is 0.000962. The van der Waals surface area contributed by atoms with Gasteiger partial charge < -0.3 is 4.74 Å². The largest absolute Gasteiger partial charge is 0.457 e. The first-order valence-electron chi connectivity index (χ1n) is 18.8. The summed E-state index contributed by atoms with van der Waals surface area (Å²) in [5.74, 6) is 2.45. The van der Waals surface area contributed by atoms with Gasteiger partial charge >= 0.3 is 0 Å². The highest BCUT2D eigenvalue weighted by Gasteiger charge is 2.30. The highest BCUT2D eigenvalue weighted by Crippen LogP contribution is 2.42. The number of hydrogen-bond acceptors (Lipinski definition) is 3. The van der Waals surface area contributed by atoms with E-state index in [2.05, 4.69) is 184 Å². The molecule has 5 heteroatoms. The molecule has 0 aliphatic carbocycles. The molecule has 0 saturated carbocycles. The van der Waals surface area contributed by atoms with Crippen molar-refractivity contribution in [2.45, 2.75) is 106 Å². The van der Waals surface area contributed by atoms with Gasteiger partial charge in [-0.1, -0.05) is 98.2 Å². The predicted octanol–water partition coefficient (Wildman–Crippen LogP) is 12.9. The molecule has 0 atom stereocenters. The van der Waals surface area contributed by atoms with Crippen molar-refractivity contribution < 1.29 is 4.74 Å². The van der Waals surface area contributed by atoms with E-state index in [1.54, 1.807) is 0 Å². The Bertz CT molecular complexity index is 2500. The standard InChI is InChI=1S/C48H54N4O/c1-29-22-30(2)43(31(3)23-29)44-32(4)50-52(45(44)48(11,12)13)35-24-34(47(8,9)10)25-37(27-35)53-36-18-19-39-38-16-14-15-17-40(38)51(41(39)28-36)42-26-33(20-21-49-42)46(5,6)7/h14-28H,1-13H3. The molecule has 4 aromatic carbocycles. The maximum absolute atomic E-state index is 6.87. The highest BCUT2D eigenvalue weighted by molar-refractivity contribution is 6.09. The van der Waals surface area contributed by atoms with Crippen molar-refractivity contribution in [2.75, 3.05) is 0 Å². The molecule has 3 heterocycles. The van der Waals surface area contributed by atoms with E-state index in [0.29, 0.717) is 0 Å². The van der Waals surface area contributed by atoms with Gasteiger partial charge in [0, 0.05) is 40.1 Å². The van der Waals surface area contributed by atoms with Crippen molar-refractivity contribution in [2.24, 2.45) is 0 Å². The quantitative estimate of drug-likeness (QED) is 0.179. The fourth-order valence-corrected chi connectivity index (χ4v) is 7.88. The van der Waals surface area contributed by atoms with Gasteiger partial charge in [0.2, 0.25) is 0 Å². The average Bonchev–Trinajstić information content (AvgIpc) is 3.58. The number of aryl methyl sites for hydroxylation is 4. The minimum atomic E-state index is -0.185. The Kier molecular flexibility index (Phi) is 8.71. The molecule has 5 nitrogen and oxygen atoms in total. The van der Waals surface area contributed by atoms with Crippen molar-refractivity contribution >= 4 is 21.8 Å². The second-order valence-electron chi connectivity index (χ2n) is 18.0. The van der Waals surface area contributed by atoms with Crippen LogP contribution >= 0.6 is 0 Å². The van der Waals surface area contributed by atoms with E-state index in [-0.39, 0.29) is 16.2 Å². The molecule has 7 rings (SSSR count). The van der Waals surface area contributed by atoms with Crippen molar-refractivity contribution in [3.05, 3.63) is 130 Å². The number of ether oxygens (including phenoxy) is 1. The molecule has 0 N–H and O–H groups in total. The summed E-state index contributed by atoms with van der Waals surface area (Å²) in [5.41, 5.74) is 13.8. The van der Waals surface area contributed by atoms with Gasteiger partial charge in [0.15, 0.2) is 0 Å². The van der Waals surface area contributed by atoms with Gasteiger partial charge in [-0.2, -0.15) is 5.10 Å². The van der Waals surface area contributed by atoms with Crippen LogP contribution < -0.4 is 4.74 Å². The molecule has 0 fully saturated rings. The maximum atomic E-state index is 6.87. The zero-order valence-electron chi connectivity index (χ0n) is 33.9. The number of hydrogen-bond donors (Lipinski definition) is 0. The molecule has 53 heavy (non-hydrogen) atoms. The molecule has 0 aliphatic rings. The predicted molar refractivity (Wildman–Crippen MR) is 223 cm³/mol. The molecule has 3 aromatic heterocycles. The SMILES string of the molecule is Cc1cc(C)c(-c2c(C)nn(-c3cc(Oc4ccc5c6ccccc6n(-c6cc(C(C)(C)C)ccn6)c5c4)cc(C(C)(C)C)c3)c2C(C)(C)C)c(C)c1. The number of para-hydroxylation sites is 1. The van der Waals surface area contributed by atoms with E-state index < -0.39 is 0 Å². The third-order valence-electron chi connectivity index (χ3n) is 10.4. The van der Waals surface area contributed by atoms with Crippen LogP contribution in [0.1, 0.15) is 102 Å². The lowest BCUT2D eigenvalue weighted by molar-refractivity contribution is 0.477. The van der Waals surface area contributed by atoms with Crippen LogP contribution in [0.15, 0.2) is 91.1 Å². The molecule has 0 aliphatic heterocycles. The first-order chi connectivity index (χ1) is 24.8. The number of pyridine rings is 1. The third kappa shape index (κ3) is 6.67. The Balaban J connectivity index is 1.40. The molecular weight excluding hydrogens is 649 g/mol. The van der Waals surface area contributed by atoms with Gasteiger partial charge in [0.05, 0.1) is 28.1 Å². The summed E-state index contributed by atoms with van der Waals surface area (Å²) in [6, 6.07) is 30.5. The molecule has 0 saturated heterocycles. The van der Waals surface area contributed by atoms with Crippen molar-refractivity contribution in [3.8, 4) is 34.1 Å². The van der Waals surface area contributed by atoms with Crippen LogP contribution in [-0.2, 0) is 16.2 Å². The lowest BCUT2D eigenvalue weighted by atomic mass is 9.83. The Morgan fingerprint density at radius 2 is 1.23 bits per heavy atom. The summed E-state index contributed by atoms with van der Waals surface area (Å²) < 4.78 is 11.3. The summed E-state index contributed by atoms with van der Waals surface area (Å²) in [6.07, 6.45) is 1.92. The summed E-state index contributed by atoms with van der Waals surface area (Å²) in [4.78, 5) is 4.88. The van der Waals surface area contributed by atoms with Crippen molar-refractivity contribution in [1.82, 2.24) is 19.3 Å². The number of nitrogens with zero attached hydrogens (tertiary/aromatic N) is 4. The van der Waals surface area contributed by atoms with Crippen molar-refractivity contribution in [3.63, 3.8) is 0 Å². The number of aromatic nitrogens is 4. The Morgan fingerprint density at radius 1 is 0.566 bits per heavy atom. The lowest BCUT2D eigenvalue weighted by Crippen LogP contribution is -2.20. The highest BCUT2D eigenvalue weighted by atomic mass is 16.5. The number of rotatable bonds is 5. The zero-order valence-corrected chi connectivity index (χ0v) is 33.9. The zero-order chi connectivity index (χ0) is 38.2. The first-order valence-corrected chi connectivity index (χ1v) is 18.8. The maximum Gasteiger partial charge on any atom is 0.137 e. The molecule has 7 aromatic rings. The molecule has 0 spiro atoms. The van der Waals surface area contributed by atoms with Crippen LogP contribution in [-0.4, -0.2) is 19.3 Å². The van der Waals surface area contributed by atoms with Crippen LogP contribution in [0.3, 0.4) is 0 Å². The van der Waals surface area contributed by atoms with Gasteiger partial charge in [0.25, 0.3) is 0 Å². The first kappa shape index (κ1) is 36.2. The van der Waals surface area contributed by atoms with E-state index in [0.717, 1.165) is 45.1 Å². The summed E-state index contributed by atoms with van der Waals surface area (Å²) in [7, 11) is 0. The number of benzene rings is 4. The monoisotopic (exact) mass is 702 g/mol. The lowest BCUT2D eigenvalue weighted by Gasteiger charge is -2.26. The Morgan fingerprint density at radius 3 is 1.89 bits per heavy atom. The summed E-state index contributed by atoms with van der Waals surface area (Å²) in [5, 5.41) is 7.64. The second-order valence-corrected chi connectivity index (χ2v) is 18.0. The minimum Gasteiger partial charge on any atom is -0.457 e. The van der Waals surface area contributed by atoms with Gasteiger partial charge in [0.1, 0.15) is 17.3 Å². The van der Waals surface area contributed by atoms with E-state index >= 15 is 0 Å². The van der Waals surface area contributed by atoms with E-state index in [1.165, 1.54) is 50.0 Å². The number of fused-ring (bicyclic) bond motifs is 3. The average molecular weight is 703 g/mol. The Hall–Kier alpha value is -5.16. The third-order valence-corrected chi connectivity index (χ3v) is 10.4. The second kappa shape index (κ2) is 12.8. The van der Waals surface area contributed by atoms with Gasteiger partial charge in [-0.05, 0) is 109 Å². The van der Waals surface area contributed by atoms with Crippen LogP contribution in [0.25, 0.3) is 44.4 Å². The van der Waals surface area contributed by atoms with E-state index in [4.69, 9.17) is 14.8 Å². The summed E-state index contributed by atoms with van der Waals surface area (Å²) >= 11 is 0. The van der Waals surface area contributed by atoms with Crippen molar-refractivity contribution in [1.29, 1.82) is 0 Å². The smallest absolute Gasteiger partial charge is 0.137 e. The van der Waals surface area contributed by atoms with Crippen LogP contribution in [0.4, 0.5) is 0 Å². The van der Waals surface area contributed by atoms with Crippen LogP contribution in [0, 0.1) is 27.7 Å². The van der Waals surface area contributed by atoms with E-state index in [1.807, 2.05) is 6.20 Å². The van der Waals surface area contributed by atoms with Crippen LogP contribution in [0.5, 0.6) is 11.5 Å². The molecule has 0 radical (unpaired) electrons. The van der Waals surface area contributed by atoms with Gasteiger partial charge in [-0.3, -0.25) is 4.57 Å². The summed E-state index contributed by atoms with van der Waals surface area (Å²) in [6.45, 7) is 29.1. The van der Waals surface area contributed by atoms with E-state index in [9.17, 15) is 0 Å². The topological polar surface area (TPSA) is 44.9 Å².